The van der Waals surface area contributed by atoms with E-state index < -0.39 is 5.97 Å². The SMILES string of the molecule is CC1CCC(NC(=O)CSC(C)CC(=O)O)CC1. The van der Waals surface area contributed by atoms with Crippen LogP contribution in [-0.2, 0) is 9.59 Å². The zero-order chi connectivity index (χ0) is 13.5. The fourth-order valence-corrected chi connectivity index (χ4v) is 2.98. The van der Waals surface area contributed by atoms with Gasteiger partial charge in [0.05, 0.1) is 12.2 Å². The Labute approximate surface area is 113 Å². The van der Waals surface area contributed by atoms with E-state index in [1.54, 1.807) is 0 Å². The first-order valence-electron chi connectivity index (χ1n) is 6.60. The number of carbonyl (C=O) groups is 2. The fourth-order valence-electron chi connectivity index (χ4n) is 2.20. The highest BCUT2D eigenvalue weighted by molar-refractivity contribution is 8.00. The Hall–Kier alpha value is -0.710. The minimum Gasteiger partial charge on any atom is -0.481 e. The van der Waals surface area contributed by atoms with Gasteiger partial charge in [0.2, 0.25) is 5.91 Å². The summed E-state index contributed by atoms with van der Waals surface area (Å²) in [5, 5.41) is 11.6. The van der Waals surface area contributed by atoms with E-state index in [2.05, 4.69) is 12.2 Å². The highest BCUT2D eigenvalue weighted by atomic mass is 32.2. The van der Waals surface area contributed by atoms with Crippen molar-refractivity contribution in [2.45, 2.75) is 57.2 Å². The van der Waals surface area contributed by atoms with E-state index in [1.165, 1.54) is 24.6 Å². The lowest BCUT2D eigenvalue weighted by Gasteiger charge is -2.27. The summed E-state index contributed by atoms with van der Waals surface area (Å²) in [6.07, 6.45) is 4.63. The molecule has 1 unspecified atom stereocenters. The number of nitrogens with one attached hydrogen (secondary N) is 1. The Kier molecular flexibility index (Phi) is 6.54. The van der Waals surface area contributed by atoms with Gasteiger partial charge in [-0.15, -0.1) is 11.8 Å². The Morgan fingerprint density at radius 2 is 1.94 bits per heavy atom. The van der Waals surface area contributed by atoms with Crippen LogP contribution >= 0.6 is 11.8 Å². The zero-order valence-corrected chi connectivity index (χ0v) is 12.0. The van der Waals surface area contributed by atoms with Crippen molar-refractivity contribution in [1.29, 1.82) is 0 Å². The number of rotatable bonds is 6. The van der Waals surface area contributed by atoms with Gasteiger partial charge < -0.3 is 10.4 Å². The molecule has 0 aromatic carbocycles. The summed E-state index contributed by atoms with van der Waals surface area (Å²) < 4.78 is 0. The van der Waals surface area contributed by atoms with E-state index in [0.717, 1.165) is 18.8 Å². The second kappa shape index (κ2) is 7.67. The Morgan fingerprint density at radius 1 is 1.33 bits per heavy atom. The topological polar surface area (TPSA) is 66.4 Å². The summed E-state index contributed by atoms with van der Waals surface area (Å²) in [7, 11) is 0. The molecular formula is C13H23NO3S. The van der Waals surface area contributed by atoms with Gasteiger partial charge in [0.25, 0.3) is 0 Å². The molecule has 1 fully saturated rings. The van der Waals surface area contributed by atoms with Crippen molar-refractivity contribution in [3.05, 3.63) is 0 Å². The number of carbonyl (C=O) groups excluding carboxylic acids is 1. The first-order valence-corrected chi connectivity index (χ1v) is 7.65. The van der Waals surface area contributed by atoms with Crippen LogP contribution < -0.4 is 5.32 Å². The molecule has 0 bridgehead atoms. The van der Waals surface area contributed by atoms with Crippen LogP contribution in [0.4, 0.5) is 0 Å². The Balaban J connectivity index is 2.15. The maximum Gasteiger partial charge on any atom is 0.304 e. The smallest absolute Gasteiger partial charge is 0.304 e. The number of aliphatic carboxylic acids is 1. The van der Waals surface area contributed by atoms with Crippen LogP contribution in [0.2, 0.25) is 0 Å². The molecule has 1 aliphatic rings. The second-order valence-electron chi connectivity index (χ2n) is 5.24. The lowest BCUT2D eigenvalue weighted by atomic mass is 9.87. The molecule has 1 aliphatic carbocycles. The monoisotopic (exact) mass is 273 g/mol. The van der Waals surface area contributed by atoms with Crippen molar-refractivity contribution in [1.82, 2.24) is 5.32 Å². The van der Waals surface area contributed by atoms with Crippen molar-refractivity contribution >= 4 is 23.6 Å². The van der Waals surface area contributed by atoms with E-state index in [-0.39, 0.29) is 17.6 Å². The number of hydrogen-bond acceptors (Lipinski definition) is 3. The molecule has 5 heteroatoms. The molecule has 1 atom stereocenters. The predicted octanol–water partition coefficient (Wildman–Crippen LogP) is 2.28. The van der Waals surface area contributed by atoms with Gasteiger partial charge in [-0.3, -0.25) is 9.59 Å². The highest BCUT2D eigenvalue weighted by Gasteiger charge is 2.20. The lowest BCUT2D eigenvalue weighted by molar-refractivity contribution is -0.136. The third-order valence-corrected chi connectivity index (χ3v) is 4.51. The van der Waals surface area contributed by atoms with Gasteiger partial charge >= 0.3 is 5.97 Å². The van der Waals surface area contributed by atoms with Gasteiger partial charge in [-0.25, -0.2) is 0 Å². The number of hydrogen-bond donors (Lipinski definition) is 2. The molecule has 0 saturated heterocycles. The van der Waals surface area contributed by atoms with Crippen LogP contribution in [0.1, 0.15) is 46.0 Å². The van der Waals surface area contributed by atoms with Gasteiger partial charge in [0, 0.05) is 11.3 Å². The summed E-state index contributed by atoms with van der Waals surface area (Å²) in [6.45, 7) is 4.09. The van der Waals surface area contributed by atoms with Gasteiger partial charge in [-0.1, -0.05) is 13.8 Å². The number of amides is 1. The zero-order valence-electron chi connectivity index (χ0n) is 11.1. The van der Waals surface area contributed by atoms with Crippen molar-refractivity contribution in [2.75, 3.05) is 5.75 Å². The average molecular weight is 273 g/mol. The molecule has 0 heterocycles. The Morgan fingerprint density at radius 3 is 2.50 bits per heavy atom. The minimum atomic E-state index is -0.809. The van der Waals surface area contributed by atoms with Gasteiger partial charge in [0.15, 0.2) is 0 Å². The van der Waals surface area contributed by atoms with Gasteiger partial charge in [-0.2, -0.15) is 0 Å². The molecule has 0 radical (unpaired) electrons. The summed E-state index contributed by atoms with van der Waals surface area (Å²) in [5.74, 6) is 0.372. The van der Waals surface area contributed by atoms with Crippen molar-refractivity contribution < 1.29 is 14.7 Å². The maximum atomic E-state index is 11.7. The molecule has 0 aliphatic heterocycles. The van der Waals surface area contributed by atoms with Crippen LogP contribution in [0.3, 0.4) is 0 Å². The molecule has 0 spiro atoms. The summed E-state index contributed by atoms with van der Waals surface area (Å²) >= 11 is 1.41. The first-order chi connectivity index (χ1) is 8.47. The van der Waals surface area contributed by atoms with E-state index in [0.29, 0.717) is 11.8 Å². The number of carboxylic acids is 1. The number of carboxylic acid groups (broad SMARTS) is 1. The minimum absolute atomic E-state index is 0.0142. The first kappa shape index (κ1) is 15.3. The third-order valence-electron chi connectivity index (χ3n) is 3.34. The molecule has 0 aromatic rings. The molecule has 18 heavy (non-hydrogen) atoms. The van der Waals surface area contributed by atoms with Crippen molar-refractivity contribution in [2.24, 2.45) is 5.92 Å². The van der Waals surface area contributed by atoms with Crippen LogP contribution in [0.25, 0.3) is 0 Å². The van der Waals surface area contributed by atoms with Crippen LogP contribution in [0.5, 0.6) is 0 Å². The molecule has 104 valence electrons. The van der Waals surface area contributed by atoms with Gasteiger partial charge in [0.1, 0.15) is 0 Å². The largest absolute Gasteiger partial charge is 0.481 e. The standard InChI is InChI=1S/C13H23NO3S/c1-9-3-5-11(6-4-9)14-12(15)8-18-10(2)7-13(16)17/h9-11H,3-8H2,1-2H3,(H,14,15)(H,16,17). The van der Waals surface area contributed by atoms with E-state index >= 15 is 0 Å². The molecule has 1 amide bonds. The fraction of sp³-hybridized carbons (Fsp3) is 0.846. The van der Waals surface area contributed by atoms with Crippen LogP contribution in [-0.4, -0.2) is 34.0 Å². The molecule has 0 aromatic heterocycles. The van der Waals surface area contributed by atoms with Crippen LogP contribution in [0.15, 0.2) is 0 Å². The van der Waals surface area contributed by atoms with E-state index in [9.17, 15) is 9.59 Å². The number of thioether (sulfide) groups is 1. The van der Waals surface area contributed by atoms with Crippen molar-refractivity contribution in [3.8, 4) is 0 Å². The molecule has 1 saturated carbocycles. The molecule has 2 N–H and O–H groups in total. The van der Waals surface area contributed by atoms with Crippen molar-refractivity contribution in [3.63, 3.8) is 0 Å². The summed E-state index contributed by atoms with van der Waals surface area (Å²) in [5.41, 5.74) is 0. The third kappa shape index (κ3) is 6.28. The highest BCUT2D eigenvalue weighted by Crippen LogP contribution is 2.23. The van der Waals surface area contributed by atoms with E-state index in [4.69, 9.17) is 5.11 Å². The maximum absolute atomic E-state index is 11.7. The van der Waals surface area contributed by atoms with Crippen LogP contribution in [0, 0.1) is 5.92 Å². The summed E-state index contributed by atoms with van der Waals surface area (Å²) in [4.78, 5) is 22.2. The Bertz CT molecular complexity index is 288. The van der Waals surface area contributed by atoms with Gasteiger partial charge in [-0.05, 0) is 31.6 Å². The van der Waals surface area contributed by atoms with E-state index in [1.807, 2.05) is 6.92 Å². The summed E-state index contributed by atoms with van der Waals surface area (Å²) in [6, 6.07) is 0.323. The second-order valence-corrected chi connectivity index (χ2v) is 6.67. The molecule has 1 rings (SSSR count). The average Bonchev–Trinajstić information content (AvgIpc) is 2.29. The molecular weight excluding hydrogens is 250 g/mol. The lowest BCUT2D eigenvalue weighted by Crippen LogP contribution is -2.38. The predicted molar refractivity (Wildman–Crippen MR) is 73.7 cm³/mol. The normalized spacial score (nSPS) is 25.4. The molecule has 4 nitrogen and oxygen atoms in total. The quantitative estimate of drug-likeness (QED) is 0.779.